The van der Waals surface area contributed by atoms with Gasteiger partial charge in [0.25, 0.3) is 0 Å². The summed E-state index contributed by atoms with van der Waals surface area (Å²) < 4.78 is 31.9. The Bertz CT molecular complexity index is 94.9. The van der Waals surface area contributed by atoms with Crippen molar-refractivity contribution in [1.82, 2.24) is 0 Å². The molecule has 0 saturated carbocycles. The van der Waals surface area contributed by atoms with Gasteiger partial charge >= 0.3 is 104 Å². The minimum absolute atomic E-state index is 0. The van der Waals surface area contributed by atoms with E-state index < -0.39 is 13.4 Å². The fourth-order valence-electron chi connectivity index (χ4n) is 0. The van der Waals surface area contributed by atoms with E-state index in [1.54, 1.807) is 0 Å². The van der Waals surface area contributed by atoms with Crippen molar-refractivity contribution >= 4 is 87.8 Å². The monoisotopic (exact) mass is 212 g/mol. The molecule has 7 heavy (non-hydrogen) atoms. The summed E-state index contributed by atoms with van der Waals surface area (Å²) in [6, 6.07) is 0. The van der Waals surface area contributed by atoms with Crippen LogP contribution >= 0.6 is 0 Å². The van der Waals surface area contributed by atoms with E-state index in [2.05, 4.69) is 0 Å². The number of hydrogen-bond donors (Lipinski definition) is 2. The maximum absolute atomic E-state index is 8.82. The summed E-state index contributed by atoms with van der Waals surface area (Å²) in [5.41, 5.74) is 0. The van der Waals surface area contributed by atoms with Gasteiger partial charge in [0.1, 0.15) is 0 Å². The van der Waals surface area contributed by atoms with Gasteiger partial charge in [-0.15, -0.1) is 0 Å². The first-order valence-electron chi connectivity index (χ1n) is 0.698. The third-order valence-corrected chi connectivity index (χ3v) is 0. The molecule has 0 bridgehead atoms. The zero-order valence-corrected chi connectivity index (χ0v) is 3.83. The molecule has 0 rings (SSSR count). The zero-order chi connectivity index (χ0) is 4.50. The number of rotatable bonds is 0. The van der Waals surface area contributed by atoms with Crippen molar-refractivity contribution < 1.29 is 16.0 Å². The fraction of sp³-hybridized carbons (Fsp3) is 0. The van der Waals surface area contributed by atoms with Crippen LogP contribution in [0.25, 0.3) is 0 Å². The molecule has 0 aromatic rings. The molecule has 0 aromatic carbocycles. The van der Waals surface area contributed by atoms with Crippen LogP contribution in [0.1, 0.15) is 0 Å². The van der Waals surface area contributed by atoms with Gasteiger partial charge < -0.3 is 0 Å². The predicted molar refractivity (Wildman–Crippen MR) is 27.3 cm³/mol. The number of hydrogen-bond acceptors (Lipinski definition) is 2. The summed E-state index contributed by atoms with van der Waals surface area (Å²) in [5.74, 6) is 0. The maximum Gasteiger partial charge on any atom is 0.316 e. The van der Waals surface area contributed by atoms with Crippen LogP contribution in [0.2, 0.25) is 0 Å². The molecule has 7 heteroatoms. The van der Waals surface area contributed by atoms with Crippen molar-refractivity contribution in [2.75, 3.05) is 0 Å². The Morgan fingerprint density at radius 3 is 1.14 bits per heavy atom. The van der Waals surface area contributed by atoms with Crippen molar-refractivity contribution in [3.8, 4) is 0 Å². The van der Waals surface area contributed by atoms with Gasteiger partial charge in [0, 0.05) is 0 Å². The maximum atomic E-state index is 8.82. The van der Waals surface area contributed by atoms with Gasteiger partial charge in [-0.1, -0.05) is 0 Å². The van der Waals surface area contributed by atoms with E-state index in [0.29, 0.717) is 0 Å². The van der Waals surface area contributed by atoms with Crippen LogP contribution in [0.15, 0.2) is 0 Å². The molecule has 0 aliphatic carbocycles. The SMILES string of the molecule is O=[Se](=O)(O)O.[KH].[MgH2]. The van der Waals surface area contributed by atoms with Crippen LogP contribution in [-0.2, 0) is 7.67 Å². The van der Waals surface area contributed by atoms with E-state index in [0.717, 1.165) is 0 Å². The molecule has 0 amide bonds. The molecule has 0 radical (unpaired) electrons. The van der Waals surface area contributed by atoms with Gasteiger partial charge in [-0.25, -0.2) is 0 Å². The first-order valence-corrected chi connectivity index (χ1v) is 3.63. The van der Waals surface area contributed by atoms with E-state index in [9.17, 15) is 0 Å². The average Bonchev–Trinajstić information content (AvgIpc) is 0.722. The minimum Gasteiger partial charge on any atom is 0.316 e. The molecule has 0 fully saturated rings. The Morgan fingerprint density at radius 1 is 1.14 bits per heavy atom. The molecule has 2 N–H and O–H groups in total. The summed E-state index contributed by atoms with van der Waals surface area (Å²) in [5, 5.41) is 0. The smallest absolute Gasteiger partial charge is 0.316 e. The largest absolute Gasteiger partial charge is 0.316 e. The van der Waals surface area contributed by atoms with Crippen LogP contribution in [0, 0.1) is 0 Å². The quantitative estimate of drug-likeness (QED) is 0.412. The van der Waals surface area contributed by atoms with Crippen molar-refractivity contribution in [1.29, 1.82) is 0 Å². The zero-order valence-electron chi connectivity index (χ0n) is 2.12. The second kappa shape index (κ2) is 6.56. The summed E-state index contributed by atoms with van der Waals surface area (Å²) in [7, 11) is 0. The van der Waals surface area contributed by atoms with Crippen LogP contribution in [0.5, 0.6) is 0 Å². The molecular formula is H5KMgO4Se. The van der Waals surface area contributed by atoms with Gasteiger partial charge in [0.15, 0.2) is 0 Å². The molecule has 0 atom stereocenters. The van der Waals surface area contributed by atoms with E-state index in [1.165, 1.54) is 0 Å². The van der Waals surface area contributed by atoms with Gasteiger partial charge in [-0.2, -0.15) is 0 Å². The Balaban J connectivity index is -0.0000000800. The molecule has 0 aliphatic heterocycles. The predicted octanol–water partition coefficient (Wildman–Crippen LogP) is -3.30. The first kappa shape index (κ1) is 16.2. The van der Waals surface area contributed by atoms with Crippen molar-refractivity contribution in [3.05, 3.63) is 0 Å². The summed E-state index contributed by atoms with van der Waals surface area (Å²) >= 11 is -5.25. The molecule has 0 unspecified atom stereocenters. The van der Waals surface area contributed by atoms with Gasteiger partial charge in [-0.05, 0) is 0 Å². The Kier molecular flexibility index (Phi) is 15.2. The third kappa shape index (κ3) is 58.7. The molecule has 0 spiro atoms. The molecular weight excluding hydrogens is 206 g/mol. The van der Waals surface area contributed by atoms with Crippen molar-refractivity contribution in [2.24, 2.45) is 0 Å². The van der Waals surface area contributed by atoms with Crippen LogP contribution in [-0.4, -0.2) is 96.2 Å². The summed E-state index contributed by atoms with van der Waals surface area (Å²) in [6.07, 6.45) is 0. The first-order chi connectivity index (χ1) is 2.00. The van der Waals surface area contributed by atoms with Crippen LogP contribution < -0.4 is 0 Å². The second-order valence-electron chi connectivity index (χ2n) is 0.448. The standard InChI is InChI=1S/K.Mg.H2O4Se.3H/c;;1-5(2,3)4;;;/h;;(H2,1,2,3,4);;;. The van der Waals surface area contributed by atoms with Crippen molar-refractivity contribution in [3.63, 3.8) is 0 Å². The van der Waals surface area contributed by atoms with E-state index in [1.807, 2.05) is 0 Å². The Hall–Kier alpha value is 2.44. The fourth-order valence-corrected chi connectivity index (χ4v) is 0. The van der Waals surface area contributed by atoms with Gasteiger partial charge in [0.2, 0.25) is 0 Å². The summed E-state index contributed by atoms with van der Waals surface area (Å²) in [6.45, 7) is 0. The van der Waals surface area contributed by atoms with Gasteiger partial charge in [0.05, 0.1) is 0 Å². The van der Waals surface area contributed by atoms with Crippen molar-refractivity contribution in [2.45, 2.75) is 0 Å². The van der Waals surface area contributed by atoms with E-state index in [-0.39, 0.29) is 74.4 Å². The van der Waals surface area contributed by atoms with Crippen LogP contribution in [0.3, 0.4) is 0 Å². The minimum atomic E-state index is -5.25. The molecule has 0 aromatic heterocycles. The Morgan fingerprint density at radius 2 is 1.14 bits per heavy atom. The average molecular weight is 211 g/mol. The topological polar surface area (TPSA) is 74.6 Å². The Labute approximate surface area is 102 Å². The summed E-state index contributed by atoms with van der Waals surface area (Å²) in [4.78, 5) is 0. The normalized spacial score (nSPS) is 8.29. The molecule has 0 heterocycles. The van der Waals surface area contributed by atoms with Crippen LogP contribution in [0.4, 0.5) is 0 Å². The molecule has 4 nitrogen and oxygen atoms in total. The molecule has 38 valence electrons. The molecule has 0 aliphatic rings. The third-order valence-electron chi connectivity index (χ3n) is 0. The molecule has 0 saturated heterocycles. The van der Waals surface area contributed by atoms with E-state index in [4.69, 9.17) is 16.0 Å². The van der Waals surface area contributed by atoms with E-state index >= 15 is 0 Å². The van der Waals surface area contributed by atoms with Gasteiger partial charge in [-0.3, -0.25) is 0 Å². The second-order valence-corrected chi connectivity index (χ2v) is 2.33.